The summed E-state index contributed by atoms with van der Waals surface area (Å²) in [7, 11) is 2.05. The van der Waals surface area contributed by atoms with E-state index in [1.54, 1.807) is 11.3 Å². The molecule has 110 valence electrons. The van der Waals surface area contributed by atoms with Gasteiger partial charge in [0.1, 0.15) is 0 Å². The average Bonchev–Trinajstić information content (AvgIpc) is 3.02. The van der Waals surface area contributed by atoms with Crippen LogP contribution in [0.15, 0.2) is 36.0 Å². The molecule has 3 aromatic heterocycles. The molecule has 0 aliphatic heterocycles. The number of nitrogens with zero attached hydrogens (tertiary/aromatic N) is 4. The fourth-order valence-electron chi connectivity index (χ4n) is 2.43. The molecule has 0 aromatic carbocycles. The summed E-state index contributed by atoms with van der Waals surface area (Å²) in [5, 5.41) is 2.05. The standard InChI is InChI=1S/C15H19N5S/c1-11(16)9-13-14(18-15-20(13)7-8-21-15)19(2)10-12-5-3-4-6-17-12/h3-8,11H,9-10,16H2,1-2H3. The molecule has 21 heavy (non-hydrogen) atoms. The van der Waals surface area contributed by atoms with Crippen molar-refractivity contribution < 1.29 is 0 Å². The molecule has 0 fully saturated rings. The van der Waals surface area contributed by atoms with E-state index >= 15 is 0 Å². The number of aromatic nitrogens is 3. The first kappa shape index (κ1) is 14.0. The lowest BCUT2D eigenvalue weighted by Crippen LogP contribution is -2.23. The van der Waals surface area contributed by atoms with E-state index in [4.69, 9.17) is 10.7 Å². The quantitative estimate of drug-likeness (QED) is 0.785. The van der Waals surface area contributed by atoms with Gasteiger partial charge in [-0.05, 0) is 19.1 Å². The van der Waals surface area contributed by atoms with Crippen LogP contribution in [0, 0.1) is 0 Å². The third-order valence-corrected chi connectivity index (χ3v) is 4.10. The van der Waals surface area contributed by atoms with Gasteiger partial charge < -0.3 is 10.6 Å². The van der Waals surface area contributed by atoms with E-state index in [9.17, 15) is 0 Å². The zero-order chi connectivity index (χ0) is 14.8. The molecule has 0 saturated heterocycles. The molecular formula is C15H19N5S. The van der Waals surface area contributed by atoms with Crippen LogP contribution in [-0.2, 0) is 13.0 Å². The van der Waals surface area contributed by atoms with Crippen molar-refractivity contribution in [3.8, 4) is 0 Å². The van der Waals surface area contributed by atoms with Gasteiger partial charge in [0.25, 0.3) is 0 Å². The van der Waals surface area contributed by atoms with E-state index in [1.165, 1.54) is 5.69 Å². The predicted octanol–water partition coefficient (Wildman–Crippen LogP) is 2.32. The first-order valence-electron chi connectivity index (χ1n) is 6.96. The van der Waals surface area contributed by atoms with Crippen molar-refractivity contribution >= 4 is 22.1 Å². The second-order valence-electron chi connectivity index (χ2n) is 5.30. The maximum Gasteiger partial charge on any atom is 0.195 e. The Morgan fingerprint density at radius 1 is 1.43 bits per heavy atom. The van der Waals surface area contributed by atoms with Gasteiger partial charge in [-0.1, -0.05) is 6.07 Å². The van der Waals surface area contributed by atoms with Crippen molar-refractivity contribution in [3.05, 3.63) is 47.4 Å². The minimum atomic E-state index is 0.104. The van der Waals surface area contributed by atoms with Gasteiger partial charge in [0, 0.05) is 37.3 Å². The smallest absolute Gasteiger partial charge is 0.195 e. The first-order chi connectivity index (χ1) is 10.1. The van der Waals surface area contributed by atoms with E-state index in [0.717, 1.165) is 29.4 Å². The average molecular weight is 301 g/mol. The highest BCUT2D eigenvalue weighted by atomic mass is 32.1. The molecular weight excluding hydrogens is 282 g/mol. The van der Waals surface area contributed by atoms with Crippen LogP contribution in [0.5, 0.6) is 0 Å². The predicted molar refractivity (Wildman–Crippen MR) is 86.8 cm³/mol. The topological polar surface area (TPSA) is 59.5 Å². The van der Waals surface area contributed by atoms with Crippen molar-refractivity contribution in [2.45, 2.75) is 25.9 Å². The number of fused-ring (bicyclic) bond motifs is 1. The Morgan fingerprint density at radius 3 is 3.00 bits per heavy atom. The minimum absolute atomic E-state index is 0.104. The SMILES string of the molecule is CC(N)Cc1c(N(C)Cc2ccccn2)nc2sccn12. The highest BCUT2D eigenvalue weighted by Gasteiger charge is 2.18. The molecule has 3 rings (SSSR count). The molecule has 0 saturated carbocycles. The number of pyridine rings is 1. The summed E-state index contributed by atoms with van der Waals surface area (Å²) in [6.45, 7) is 2.76. The Labute approximate surface area is 128 Å². The maximum absolute atomic E-state index is 6.00. The normalized spacial score (nSPS) is 12.7. The van der Waals surface area contributed by atoms with Crippen LogP contribution in [0.2, 0.25) is 0 Å². The van der Waals surface area contributed by atoms with Crippen molar-refractivity contribution in [2.75, 3.05) is 11.9 Å². The second kappa shape index (κ2) is 5.83. The van der Waals surface area contributed by atoms with E-state index in [1.807, 2.05) is 38.4 Å². The second-order valence-corrected chi connectivity index (χ2v) is 6.17. The Bertz CT molecular complexity index is 716. The zero-order valence-electron chi connectivity index (χ0n) is 12.2. The van der Waals surface area contributed by atoms with Crippen molar-refractivity contribution in [1.29, 1.82) is 0 Å². The zero-order valence-corrected chi connectivity index (χ0v) is 13.0. The molecule has 5 nitrogen and oxygen atoms in total. The fraction of sp³-hybridized carbons (Fsp3) is 0.333. The molecule has 0 spiro atoms. The van der Waals surface area contributed by atoms with Gasteiger partial charge >= 0.3 is 0 Å². The van der Waals surface area contributed by atoms with Gasteiger partial charge in [0.2, 0.25) is 0 Å². The van der Waals surface area contributed by atoms with Crippen LogP contribution in [0.3, 0.4) is 0 Å². The molecule has 0 aliphatic rings. The molecule has 3 heterocycles. The molecule has 0 bridgehead atoms. The van der Waals surface area contributed by atoms with Gasteiger partial charge in [-0.2, -0.15) is 0 Å². The van der Waals surface area contributed by atoms with Gasteiger partial charge in [0.05, 0.1) is 17.9 Å². The molecule has 0 radical (unpaired) electrons. The number of nitrogens with two attached hydrogens (primary N) is 1. The summed E-state index contributed by atoms with van der Waals surface area (Å²) >= 11 is 1.64. The Hall–Kier alpha value is -1.92. The summed E-state index contributed by atoms with van der Waals surface area (Å²) in [5.74, 6) is 0.991. The molecule has 3 aromatic rings. The van der Waals surface area contributed by atoms with E-state index < -0.39 is 0 Å². The Kier molecular flexibility index (Phi) is 3.90. The van der Waals surface area contributed by atoms with E-state index in [-0.39, 0.29) is 6.04 Å². The number of anilines is 1. The highest BCUT2D eigenvalue weighted by Crippen LogP contribution is 2.25. The Balaban J connectivity index is 1.93. The molecule has 0 amide bonds. The van der Waals surface area contributed by atoms with Gasteiger partial charge in [-0.15, -0.1) is 11.3 Å². The monoisotopic (exact) mass is 301 g/mol. The number of rotatable bonds is 5. The van der Waals surface area contributed by atoms with Crippen LogP contribution in [0.4, 0.5) is 5.82 Å². The number of thiazole rings is 1. The molecule has 0 aliphatic carbocycles. The van der Waals surface area contributed by atoms with Crippen molar-refractivity contribution in [2.24, 2.45) is 5.73 Å². The van der Waals surface area contributed by atoms with Crippen molar-refractivity contribution in [3.63, 3.8) is 0 Å². The van der Waals surface area contributed by atoms with E-state index in [2.05, 4.69) is 25.9 Å². The summed E-state index contributed by atoms with van der Waals surface area (Å²) in [5.41, 5.74) is 8.19. The third-order valence-electron chi connectivity index (χ3n) is 3.34. The van der Waals surface area contributed by atoms with Crippen LogP contribution in [0.25, 0.3) is 4.96 Å². The lowest BCUT2D eigenvalue weighted by molar-refractivity contribution is 0.713. The maximum atomic E-state index is 6.00. The summed E-state index contributed by atoms with van der Waals surface area (Å²) in [4.78, 5) is 12.3. The first-order valence-corrected chi connectivity index (χ1v) is 7.84. The highest BCUT2D eigenvalue weighted by molar-refractivity contribution is 7.15. The van der Waals surface area contributed by atoms with Crippen molar-refractivity contribution in [1.82, 2.24) is 14.4 Å². The third kappa shape index (κ3) is 2.91. The molecule has 1 unspecified atom stereocenters. The lowest BCUT2D eigenvalue weighted by Gasteiger charge is -2.18. The molecule has 1 atom stereocenters. The van der Waals surface area contributed by atoms with Gasteiger partial charge in [-0.25, -0.2) is 4.98 Å². The van der Waals surface area contributed by atoms with Crippen LogP contribution >= 0.6 is 11.3 Å². The number of hydrogen-bond donors (Lipinski definition) is 1. The summed E-state index contributed by atoms with van der Waals surface area (Å²) in [6, 6.07) is 6.06. The number of hydrogen-bond acceptors (Lipinski definition) is 5. The van der Waals surface area contributed by atoms with Gasteiger partial charge in [0.15, 0.2) is 10.8 Å². The summed E-state index contributed by atoms with van der Waals surface area (Å²) in [6.07, 6.45) is 4.68. The molecule has 6 heteroatoms. The lowest BCUT2D eigenvalue weighted by atomic mass is 10.2. The Morgan fingerprint density at radius 2 is 2.29 bits per heavy atom. The largest absolute Gasteiger partial charge is 0.352 e. The van der Waals surface area contributed by atoms with Crippen LogP contribution < -0.4 is 10.6 Å². The van der Waals surface area contributed by atoms with E-state index in [0.29, 0.717) is 0 Å². The number of imidazole rings is 1. The minimum Gasteiger partial charge on any atom is -0.352 e. The van der Waals surface area contributed by atoms with Crippen LogP contribution in [0.1, 0.15) is 18.3 Å². The van der Waals surface area contributed by atoms with Crippen LogP contribution in [-0.4, -0.2) is 27.5 Å². The summed E-state index contributed by atoms with van der Waals surface area (Å²) < 4.78 is 2.14. The molecule has 2 N–H and O–H groups in total. The van der Waals surface area contributed by atoms with Gasteiger partial charge in [-0.3, -0.25) is 9.38 Å². The fourth-order valence-corrected chi connectivity index (χ4v) is 3.16.